The zero-order valence-electron chi connectivity index (χ0n) is 17.2. The summed E-state index contributed by atoms with van der Waals surface area (Å²) < 4.78 is 6.04. The summed E-state index contributed by atoms with van der Waals surface area (Å²) in [4.78, 5) is 25.2. The molecular weight excluding hydrogens is 412 g/mol. The van der Waals surface area contributed by atoms with Crippen molar-refractivity contribution in [1.82, 2.24) is 20.6 Å². The third-order valence-corrected chi connectivity index (χ3v) is 7.43. The van der Waals surface area contributed by atoms with Gasteiger partial charge in [0.2, 0.25) is 0 Å². The number of benzene rings is 1. The summed E-state index contributed by atoms with van der Waals surface area (Å²) in [6, 6.07) is 7.56. The Morgan fingerprint density at radius 2 is 2.16 bits per heavy atom. The first-order chi connectivity index (χ1) is 15.0. The topological polar surface area (TPSA) is 105 Å². The van der Waals surface area contributed by atoms with Gasteiger partial charge < -0.3 is 26.0 Å². The number of anilines is 2. The molecule has 0 spiro atoms. The molecule has 160 valence electrons. The van der Waals surface area contributed by atoms with Gasteiger partial charge in [0, 0.05) is 43.1 Å². The quantitative estimate of drug-likeness (QED) is 0.576. The van der Waals surface area contributed by atoms with Crippen LogP contribution in [0, 0.1) is 6.92 Å². The Morgan fingerprint density at radius 3 is 2.97 bits per heavy atom. The van der Waals surface area contributed by atoms with Gasteiger partial charge in [-0.15, -0.1) is 11.3 Å². The van der Waals surface area contributed by atoms with Crippen LogP contribution in [0.3, 0.4) is 0 Å². The summed E-state index contributed by atoms with van der Waals surface area (Å²) in [6.07, 6.45) is 3.68. The number of ether oxygens (including phenoxy) is 1. The molecule has 0 aliphatic carbocycles. The van der Waals surface area contributed by atoms with Crippen LogP contribution < -0.4 is 26.0 Å². The van der Waals surface area contributed by atoms with Crippen molar-refractivity contribution in [1.29, 1.82) is 0 Å². The summed E-state index contributed by atoms with van der Waals surface area (Å²) in [6.45, 7) is 4.41. The Morgan fingerprint density at radius 1 is 1.35 bits per heavy atom. The SMILES string of the molecule is Cc1cnc2c(N)c(C(=O)N[C@H]3COc4cc(N5CC6CC(C5)N6)ccc4C3)sc2n1. The van der Waals surface area contributed by atoms with Crippen LogP contribution in [0.4, 0.5) is 11.4 Å². The van der Waals surface area contributed by atoms with E-state index in [0.29, 0.717) is 39.6 Å². The van der Waals surface area contributed by atoms with E-state index in [1.807, 2.05) is 6.92 Å². The number of nitrogens with zero attached hydrogens (tertiary/aromatic N) is 3. The van der Waals surface area contributed by atoms with Crippen molar-refractivity contribution in [2.24, 2.45) is 0 Å². The van der Waals surface area contributed by atoms with Crippen LogP contribution in [0.1, 0.15) is 27.3 Å². The van der Waals surface area contributed by atoms with Crippen molar-refractivity contribution in [3.05, 3.63) is 40.5 Å². The van der Waals surface area contributed by atoms with E-state index >= 15 is 0 Å². The largest absolute Gasteiger partial charge is 0.491 e. The number of hydrogen-bond acceptors (Lipinski definition) is 8. The van der Waals surface area contributed by atoms with E-state index in [-0.39, 0.29) is 11.9 Å². The molecule has 3 aromatic rings. The number of piperidine rings is 1. The molecule has 6 heterocycles. The van der Waals surface area contributed by atoms with Gasteiger partial charge in [0.1, 0.15) is 27.6 Å². The summed E-state index contributed by atoms with van der Waals surface area (Å²) in [7, 11) is 0. The highest BCUT2D eigenvalue weighted by Crippen LogP contribution is 2.34. The van der Waals surface area contributed by atoms with E-state index in [1.165, 1.54) is 23.4 Å². The number of aryl methyl sites for hydroxylation is 1. The number of aromatic nitrogens is 2. The van der Waals surface area contributed by atoms with Crippen LogP contribution in [0.5, 0.6) is 5.75 Å². The standard InChI is InChI=1S/C22H24N6O2S/c1-11-7-24-19-18(23)20(31-22(19)25-11)21(29)27-15-4-12-2-3-16(6-17(12)30-10-15)28-8-13-5-14(9-28)26-13/h2-3,6-7,13-15,26H,4-5,8-10,23H2,1H3,(H,27,29)/t13?,14?,15-/m1/s1. The number of nitrogens with two attached hydrogens (primary N) is 1. The number of hydrogen-bond donors (Lipinski definition) is 3. The fourth-order valence-electron chi connectivity index (χ4n) is 4.76. The Bertz CT molecular complexity index is 1180. The minimum atomic E-state index is -0.200. The lowest BCUT2D eigenvalue weighted by molar-refractivity contribution is 0.0920. The molecular formula is C22H24N6O2S. The van der Waals surface area contributed by atoms with Crippen molar-refractivity contribution in [3.8, 4) is 5.75 Å². The first-order valence-electron chi connectivity index (χ1n) is 10.6. The Balaban J connectivity index is 1.16. The van der Waals surface area contributed by atoms with Crippen LogP contribution in [0.15, 0.2) is 24.4 Å². The minimum Gasteiger partial charge on any atom is -0.491 e. The molecule has 31 heavy (non-hydrogen) atoms. The number of amides is 1. The van der Waals surface area contributed by atoms with Gasteiger partial charge in [-0.3, -0.25) is 4.79 Å². The molecule has 2 aromatic heterocycles. The number of piperazine rings is 1. The smallest absolute Gasteiger partial charge is 0.263 e. The zero-order chi connectivity index (χ0) is 21.1. The molecule has 0 saturated carbocycles. The number of rotatable bonds is 3. The number of thiophene rings is 1. The number of carbonyl (C=O) groups is 1. The van der Waals surface area contributed by atoms with Crippen molar-refractivity contribution in [2.45, 2.75) is 37.9 Å². The average molecular weight is 437 g/mol. The van der Waals surface area contributed by atoms with E-state index < -0.39 is 0 Å². The molecule has 7 rings (SSSR count). The molecule has 1 aromatic carbocycles. The third-order valence-electron chi connectivity index (χ3n) is 6.35. The van der Waals surface area contributed by atoms with E-state index in [0.717, 1.165) is 36.5 Å². The van der Waals surface area contributed by atoms with Crippen LogP contribution in [-0.4, -0.2) is 53.7 Å². The molecule has 2 bridgehead atoms. The van der Waals surface area contributed by atoms with Crippen LogP contribution in [-0.2, 0) is 6.42 Å². The van der Waals surface area contributed by atoms with Crippen LogP contribution in [0.25, 0.3) is 10.3 Å². The Labute approximate surface area is 183 Å². The Kier molecular flexibility index (Phi) is 4.29. The molecule has 3 atom stereocenters. The number of nitrogens with one attached hydrogen (secondary N) is 2. The van der Waals surface area contributed by atoms with Gasteiger partial charge in [0.25, 0.3) is 5.91 Å². The van der Waals surface area contributed by atoms with E-state index in [4.69, 9.17) is 10.5 Å². The summed E-state index contributed by atoms with van der Waals surface area (Å²) in [5.74, 6) is 0.717. The predicted molar refractivity (Wildman–Crippen MR) is 121 cm³/mol. The van der Waals surface area contributed by atoms with Gasteiger partial charge in [-0.1, -0.05) is 6.07 Å². The second kappa shape index (κ2) is 7.06. The molecule has 8 nitrogen and oxygen atoms in total. The van der Waals surface area contributed by atoms with Gasteiger partial charge in [-0.05, 0) is 31.4 Å². The second-order valence-corrected chi connectivity index (χ2v) is 9.69. The highest BCUT2D eigenvalue weighted by Gasteiger charge is 2.36. The molecule has 2 unspecified atom stereocenters. The fourth-order valence-corrected chi connectivity index (χ4v) is 5.77. The molecule has 0 radical (unpaired) electrons. The first kappa shape index (κ1) is 18.8. The van der Waals surface area contributed by atoms with Crippen LogP contribution in [0.2, 0.25) is 0 Å². The minimum absolute atomic E-state index is 0.107. The lowest BCUT2D eigenvalue weighted by Gasteiger charge is -2.49. The number of fused-ring (bicyclic) bond motifs is 4. The van der Waals surface area contributed by atoms with E-state index in [9.17, 15) is 4.79 Å². The third kappa shape index (κ3) is 3.28. The number of carbonyl (C=O) groups excluding carboxylic acids is 1. The molecule has 1 amide bonds. The number of nitrogen functional groups attached to an aromatic ring is 1. The van der Waals surface area contributed by atoms with E-state index in [1.54, 1.807) is 6.20 Å². The molecule has 3 fully saturated rings. The molecule has 3 saturated heterocycles. The highest BCUT2D eigenvalue weighted by molar-refractivity contribution is 7.21. The van der Waals surface area contributed by atoms with Crippen molar-refractivity contribution < 1.29 is 9.53 Å². The zero-order valence-corrected chi connectivity index (χ0v) is 18.0. The van der Waals surface area contributed by atoms with Gasteiger partial charge in [0.05, 0.1) is 17.4 Å². The summed E-state index contributed by atoms with van der Waals surface area (Å²) >= 11 is 1.28. The molecule has 4 N–H and O–H groups in total. The summed E-state index contributed by atoms with van der Waals surface area (Å²) in [5, 5.41) is 6.64. The molecule has 4 aliphatic heterocycles. The lowest BCUT2D eigenvalue weighted by atomic mass is 9.91. The second-order valence-electron chi connectivity index (χ2n) is 8.69. The van der Waals surface area contributed by atoms with Crippen LogP contribution >= 0.6 is 11.3 Å². The average Bonchev–Trinajstić information content (AvgIpc) is 3.08. The maximum absolute atomic E-state index is 12.9. The lowest BCUT2D eigenvalue weighted by Crippen LogP contribution is -2.67. The van der Waals surface area contributed by atoms with Gasteiger partial charge >= 0.3 is 0 Å². The normalized spacial score (nSPS) is 24.3. The highest BCUT2D eigenvalue weighted by atomic mass is 32.1. The van der Waals surface area contributed by atoms with Crippen molar-refractivity contribution in [2.75, 3.05) is 30.3 Å². The predicted octanol–water partition coefficient (Wildman–Crippen LogP) is 1.87. The van der Waals surface area contributed by atoms with Gasteiger partial charge in [-0.25, -0.2) is 9.97 Å². The molecule has 4 aliphatic rings. The fraction of sp³-hybridized carbons (Fsp3) is 0.409. The molecule has 9 heteroatoms. The van der Waals surface area contributed by atoms with Crippen molar-refractivity contribution >= 4 is 39.0 Å². The maximum atomic E-state index is 12.9. The monoisotopic (exact) mass is 436 g/mol. The van der Waals surface area contributed by atoms with Gasteiger partial charge in [-0.2, -0.15) is 0 Å². The Hall–Kier alpha value is -2.91. The first-order valence-corrected chi connectivity index (χ1v) is 11.4. The van der Waals surface area contributed by atoms with E-state index in [2.05, 4.69) is 43.7 Å². The summed E-state index contributed by atoms with van der Waals surface area (Å²) in [5.41, 5.74) is 10.3. The maximum Gasteiger partial charge on any atom is 0.263 e. The van der Waals surface area contributed by atoms with Gasteiger partial charge in [0.15, 0.2) is 0 Å². The van der Waals surface area contributed by atoms with Crippen molar-refractivity contribution in [3.63, 3.8) is 0 Å².